The third-order valence-electron chi connectivity index (χ3n) is 4.76. The normalized spacial score (nSPS) is 12.1. The summed E-state index contributed by atoms with van der Waals surface area (Å²) >= 11 is 0. The molecule has 116 valence electrons. The predicted octanol–water partition coefficient (Wildman–Crippen LogP) is 3.27. The van der Waals surface area contributed by atoms with Gasteiger partial charge in [0, 0.05) is 10.8 Å². The maximum Gasteiger partial charge on any atom is 0.280 e. The molecule has 0 aliphatic rings. The molecule has 0 bridgehead atoms. The Morgan fingerprint density at radius 1 is 0.583 bits per heavy atom. The molecule has 0 atom stereocenters. The lowest BCUT2D eigenvalue weighted by Crippen LogP contribution is -2.25. The first-order chi connectivity index (χ1) is 11.5. The van der Waals surface area contributed by atoms with Crippen LogP contribution in [-0.4, -0.2) is 8.80 Å². The van der Waals surface area contributed by atoms with Crippen molar-refractivity contribution in [1.29, 1.82) is 0 Å². The van der Waals surface area contributed by atoms with E-state index in [9.17, 15) is 9.59 Å². The van der Waals surface area contributed by atoms with Crippen LogP contribution in [0, 0.1) is 13.8 Å². The SMILES string of the molecule is Cc1ccc2c(c1)cc1c(=O)n3c(cc4cc(C)ccc43)c(=O)n12. The molecule has 0 amide bonds. The molecular weight excluding hydrogens is 300 g/mol. The number of fused-ring (bicyclic) bond motifs is 6. The minimum Gasteiger partial charge on any atom is -0.269 e. The maximum absolute atomic E-state index is 13.1. The molecule has 3 heterocycles. The zero-order chi connectivity index (χ0) is 16.6. The minimum atomic E-state index is -0.155. The summed E-state index contributed by atoms with van der Waals surface area (Å²) in [6.07, 6.45) is 0. The van der Waals surface area contributed by atoms with Crippen molar-refractivity contribution in [2.45, 2.75) is 13.8 Å². The van der Waals surface area contributed by atoms with E-state index in [-0.39, 0.29) is 11.1 Å². The van der Waals surface area contributed by atoms with E-state index < -0.39 is 0 Å². The van der Waals surface area contributed by atoms with Gasteiger partial charge in [-0.3, -0.25) is 18.4 Å². The second-order valence-corrected chi connectivity index (χ2v) is 6.46. The minimum absolute atomic E-state index is 0.155. The Hall–Kier alpha value is -3.14. The molecule has 2 aromatic carbocycles. The molecular formula is C20H14N2O2. The first-order valence-electron chi connectivity index (χ1n) is 7.88. The van der Waals surface area contributed by atoms with E-state index in [1.54, 1.807) is 0 Å². The molecule has 0 unspecified atom stereocenters. The highest BCUT2D eigenvalue weighted by molar-refractivity contribution is 5.91. The highest BCUT2D eigenvalue weighted by Gasteiger charge is 2.16. The summed E-state index contributed by atoms with van der Waals surface area (Å²) in [7, 11) is 0. The summed E-state index contributed by atoms with van der Waals surface area (Å²) in [4.78, 5) is 26.1. The zero-order valence-electron chi connectivity index (χ0n) is 13.3. The van der Waals surface area contributed by atoms with Gasteiger partial charge in [0.05, 0.1) is 11.0 Å². The summed E-state index contributed by atoms with van der Waals surface area (Å²) < 4.78 is 3.08. The molecule has 24 heavy (non-hydrogen) atoms. The lowest BCUT2D eigenvalue weighted by Gasteiger charge is -2.00. The van der Waals surface area contributed by atoms with E-state index >= 15 is 0 Å². The van der Waals surface area contributed by atoms with Crippen molar-refractivity contribution in [2.24, 2.45) is 0 Å². The van der Waals surface area contributed by atoms with Gasteiger partial charge < -0.3 is 0 Å². The van der Waals surface area contributed by atoms with Gasteiger partial charge >= 0.3 is 0 Å². The van der Waals surface area contributed by atoms with Gasteiger partial charge in [0.2, 0.25) is 0 Å². The highest BCUT2D eigenvalue weighted by Crippen LogP contribution is 2.22. The van der Waals surface area contributed by atoms with Gasteiger partial charge in [-0.15, -0.1) is 0 Å². The van der Waals surface area contributed by atoms with E-state index in [1.807, 2.05) is 62.4 Å². The van der Waals surface area contributed by atoms with Gasteiger partial charge in [0.1, 0.15) is 11.0 Å². The smallest absolute Gasteiger partial charge is 0.269 e. The fourth-order valence-corrected chi connectivity index (χ4v) is 3.65. The Bertz CT molecular complexity index is 1300. The number of aryl methyl sites for hydroxylation is 2. The number of rotatable bonds is 0. The first kappa shape index (κ1) is 13.3. The second kappa shape index (κ2) is 4.23. The number of hydrogen-bond acceptors (Lipinski definition) is 2. The average Bonchev–Trinajstić information content (AvgIpc) is 3.10. The van der Waals surface area contributed by atoms with Crippen LogP contribution in [0.25, 0.3) is 32.8 Å². The van der Waals surface area contributed by atoms with Crippen LogP contribution in [0.1, 0.15) is 11.1 Å². The molecule has 5 rings (SSSR count). The van der Waals surface area contributed by atoms with Crippen molar-refractivity contribution in [1.82, 2.24) is 8.80 Å². The van der Waals surface area contributed by atoms with Crippen molar-refractivity contribution in [3.05, 3.63) is 80.4 Å². The van der Waals surface area contributed by atoms with Crippen molar-refractivity contribution < 1.29 is 0 Å². The number of nitrogens with zero attached hydrogens (tertiary/aromatic N) is 2. The monoisotopic (exact) mass is 314 g/mol. The summed E-state index contributed by atoms with van der Waals surface area (Å²) in [6.45, 7) is 4.00. The van der Waals surface area contributed by atoms with Gasteiger partial charge in [0.15, 0.2) is 0 Å². The van der Waals surface area contributed by atoms with E-state index in [0.29, 0.717) is 11.0 Å². The average molecular weight is 314 g/mol. The lowest BCUT2D eigenvalue weighted by molar-refractivity contribution is 1.07. The Labute approximate surface area is 136 Å². The molecule has 0 aliphatic carbocycles. The molecule has 0 saturated carbocycles. The third kappa shape index (κ3) is 1.52. The van der Waals surface area contributed by atoms with E-state index in [0.717, 1.165) is 32.9 Å². The number of hydrogen-bond donors (Lipinski definition) is 0. The van der Waals surface area contributed by atoms with Crippen molar-refractivity contribution in [3.63, 3.8) is 0 Å². The van der Waals surface area contributed by atoms with Crippen LogP contribution in [0.15, 0.2) is 58.1 Å². The molecule has 3 aromatic heterocycles. The fraction of sp³-hybridized carbons (Fsp3) is 0.100. The summed E-state index contributed by atoms with van der Waals surface area (Å²) in [5, 5.41) is 1.83. The van der Waals surface area contributed by atoms with Gasteiger partial charge in [-0.2, -0.15) is 0 Å². The summed E-state index contributed by atoms with van der Waals surface area (Å²) in [5.74, 6) is 0. The molecule has 0 saturated heterocycles. The summed E-state index contributed by atoms with van der Waals surface area (Å²) in [5.41, 5.74) is 4.30. The molecule has 5 aromatic rings. The van der Waals surface area contributed by atoms with Crippen LogP contribution >= 0.6 is 0 Å². The van der Waals surface area contributed by atoms with Crippen LogP contribution < -0.4 is 11.1 Å². The van der Waals surface area contributed by atoms with E-state index in [1.165, 1.54) is 8.80 Å². The fourth-order valence-electron chi connectivity index (χ4n) is 3.65. The van der Waals surface area contributed by atoms with E-state index in [4.69, 9.17) is 0 Å². The van der Waals surface area contributed by atoms with Crippen LogP contribution in [0.5, 0.6) is 0 Å². The highest BCUT2D eigenvalue weighted by atomic mass is 16.1. The zero-order valence-corrected chi connectivity index (χ0v) is 13.3. The molecule has 0 N–H and O–H groups in total. The molecule has 4 heteroatoms. The lowest BCUT2D eigenvalue weighted by atomic mass is 10.2. The van der Waals surface area contributed by atoms with Crippen LogP contribution in [-0.2, 0) is 0 Å². The van der Waals surface area contributed by atoms with Gasteiger partial charge in [-0.1, -0.05) is 23.3 Å². The molecule has 0 aliphatic heterocycles. The third-order valence-corrected chi connectivity index (χ3v) is 4.76. The molecule has 0 spiro atoms. The van der Waals surface area contributed by atoms with E-state index in [2.05, 4.69) is 0 Å². The second-order valence-electron chi connectivity index (χ2n) is 6.46. The first-order valence-corrected chi connectivity index (χ1v) is 7.88. The number of aromatic nitrogens is 2. The van der Waals surface area contributed by atoms with Gasteiger partial charge in [-0.05, 0) is 50.2 Å². The maximum atomic E-state index is 13.1. The van der Waals surface area contributed by atoms with Crippen molar-refractivity contribution in [3.8, 4) is 0 Å². The summed E-state index contributed by atoms with van der Waals surface area (Å²) in [6, 6.07) is 15.3. The standard InChI is InChI=1S/C20H14N2O2/c1-11-3-5-15-13(7-11)9-17-19(23)22-16-6-4-12(2)8-14(16)10-18(22)20(24)21(15)17/h3-10H,1-2H3. The Morgan fingerprint density at radius 2 is 1.00 bits per heavy atom. The predicted molar refractivity (Wildman–Crippen MR) is 96.6 cm³/mol. The van der Waals surface area contributed by atoms with Crippen molar-refractivity contribution >= 4 is 32.8 Å². The Balaban J connectivity index is 2.13. The van der Waals surface area contributed by atoms with Crippen LogP contribution in [0.4, 0.5) is 0 Å². The molecule has 0 fully saturated rings. The van der Waals surface area contributed by atoms with Crippen LogP contribution in [0.3, 0.4) is 0 Å². The van der Waals surface area contributed by atoms with Gasteiger partial charge in [-0.25, -0.2) is 0 Å². The largest absolute Gasteiger partial charge is 0.280 e. The van der Waals surface area contributed by atoms with Crippen LogP contribution in [0.2, 0.25) is 0 Å². The molecule has 0 radical (unpaired) electrons. The molecule has 4 nitrogen and oxygen atoms in total. The van der Waals surface area contributed by atoms with Crippen molar-refractivity contribution in [2.75, 3.05) is 0 Å². The quantitative estimate of drug-likeness (QED) is 0.440. The number of benzene rings is 2. The Kier molecular flexibility index (Phi) is 2.35. The Morgan fingerprint density at radius 3 is 1.42 bits per heavy atom. The topological polar surface area (TPSA) is 43.0 Å². The van der Waals surface area contributed by atoms with Gasteiger partial charge in [0.25, 0.3) is 11.1 Å².